The van der Waals surface area contributed by atoms with Crippen LogP contribution in [0.5, 0.6) is 0 Å². The van der Waals surface area contributed by atoms with Gasteiger partial charge in [0.2, 0.25) is 5.95 Å². The summed E-state index contributed by atoms with van der Waals surface area (Å²) in [7, 11) is 0. The second-order valence-electron chi connectivity index (χ2n) is 6.97. The molecule has 0 N–H and O–H groups in total. The van der Waals surface area contributed by atoms with E-state index in [0.29, 0.717) is 13.2 Å². The minimum absolute atomic E-state index is 0.0705. The van der Waals surface area contributed by atoms with E-state index in [1.54, 1.807) is 0 Å². The Morgan fingerprint density at radius 1 is 0.963 bits per heavy atom. The number of aryl methyl sites for hydroxylation is 2. The van der Waals surface area contributed by atoms with Gasteiger partial charge in [-0.25, -0.2) is 9.97 Å². The molecular formula is C22H24N4O. The molecule has 1 saturated heterocycles. The number of nitrogens with zero attached hydrogens (tertiary/aromatic N) is 4. The Kier molecular flexibility index (Phi) is 5.12. The molecule has 138 valence electrons. The Bertz CT molecular complexity index is 893. The predicted molar refractivity (Wildman–Crippen MR) is 106 cm³/mol. The largest absolute Gasteiger partial charge is 0.368 e. The minimum Gasteiger partial charge on any atom is -0.368 e. The lowest BCUT2D eigenvalue weighted by Gasteiger charge is -2.33. The van der Waals surface area contributed by atoms with Gasteiger partial charge in [0.15, 0.2) is 0 Å². The van der Waals surface area contributed by atoms with Crippen LogP contribution in [0.3, 0.4) is 0 Å². The molecule has 0 aliphatic carbocycles. The Balaban J connectivity index is 1.52. The normalized spacial score (nSPS) is 17.1. The lowest BCUT2D eigenvalue weighted by molar-refractivity contribution is 0.0363. The summed E-state index contributed by atoms with van der Waals surface area (Å²) >= 11 is 0. The van der Waals surface area contributed by atoms with Crippen LogP contribution in [0.1, 0.15) is 34.4 Å². The van der Waals surface area contributed by atoms with Crippen molar-refractivity contribution in [2.24, 2.45) is 0 Å². The number of hydrogen-bond donors (Lipinski definition) is 0. The molecule has 5 heteroatoms. The molecule has 1 aromatic carbocycles. The van der Waals surface area contributed by atoms with E-state index in [2.05, 4.69) is 51.3 Å². The van der Waals surface area contributed by atoms with Crippen molar-refractivity contribution in [2.75, 3.05) is 24.6 Å². The third-order valence-corrected chi connectivity index (χ3v) is 4.71. The van der Waals surface area contributed by atoms with Gasteiger partial charge in [0.25, 0.3) is 0 Å². The van der Waals surface area contributed by atoms with Gasteiger partial charge in [-0.05, 0) is 37.6 Å². The second kappa shape index (κ2) is 7.84. The van der Waals surface area contributed by atoms with Gasteiger partial charge in [0, 0.05) is 30.0 Å². The van der Waals surface area contributed by atoms with E-state index in [1.807, 2.05) is 32.0 Å². The van der Waals surface area contributed by atoms with Crippen LogP contribution in [-0.2, 0) is 11.2 Å². The summed E-state index contributed by atoms with van der Waals surface area (Å²) < 4.78 is 6.02. The van der Waals surface area contributed by atoms with Crippen molar-refractivity contribution in [2.45, 2.75) is 26.4 Å². The van der Waals surface area contributed by atoms with Crippen LogP contribution < -0.4 is 4.90 Å². The van der Waals surface area contributed by atoms with Gasteiger partial charge in [-0.2, -0.15) is 0 Å². The fourth-order valence-electron chi connectivity index (χ4n) is 3.44. The monoisotopic (exact) mass is 360 g/mol. The molecule has 0 bridgehead atoms. The first-order valence-corrected chi connectivity index (χ1v) is 9.36. The van der Waals surface area contributed by atoms with Gasteiger partial charge in [-0.15, -0.1) is 0 Å². The lowest BCUT2D eigenvalue weighted by Crippen LogP contribution is -2.39. The highest BCUT2D eigenvalue weighted by molar-refractivity contribution is 5.34. The standard InChI is InChI=1S/C22H24N4O/c1-16-13-17(2)24-22(23-16)26-11-12-27-21(15-26)20-10-6-9-19(25-20)14-18-7-4-3-5-8-18/h3-10,13,21H,11-12,14-15H2,1-2H3/t21-/m0/s1. The molecule has 0 radical (unpaired) electrons. The number of ether oxygens (including phenoxy) is 1. The van der Waals surface area contributed by atoms with Crippen molar-refractivity contribution in [3.63, 3.8) is 0 Å². The Hall–Kier alpha value is -2.79. The SMILES string of the molecule is Cc1cc(C)nc(N2CCO[C@H](c3cccc(Cc4ccccc4)n3)C2)n1. The summed E-state index contributed by atoms with van der Waals surface area (Å²) in [6.45, 7) is 6.16. The first-order valence-electron chi connectivity index (χ1n) is 9.36. The zero-order valence-corrected chi connectivity index (χ0v) is 15.8. The van der Waals surface area contributed by atoms with Gasteiger partial charge in [0.05, 0.1) is 18.8 Å². The average molecular weight is 360 g/mol. The molecule has 1 fully saturated rings. The zero-order valence-electron chi connectivity index (χ0n) is 15.8. The molecule has 0 unspecified atom stereocenters. The van der Waals surface area contributed by atoms with Crippen LogP contribution in [-0.4, -0.2) is 34.6 Å². The van der Waals surface area contributed by atoms with Gasteiger partial charge in [-0.1, -0.05) is 36.4 Å². The summed E-state index contributed by atoms with van der Waals surface area (Å²) in [5.74, 6) is 0.779. The second-order valence-corrected chi connectivity index (χ2v) is 6.97. The number of pyridine rings is 1. The fraction of sp³-hybridized carbons (Fsp3) is 0.318. The number of aromatic nitrogens is 3. The molecule has 1 aliphatic heterocycles. The average Bonchev–Trinajstić information content (AvgIpc) is 2.68. The van der Waals surface area contributed by atoms with Crippen molar-refractivity contribution >= 4 is 5.95 Å². The first-order chi connectivity index (χ1) is 13.2. The quantitative estimate of drug-likeness (QED) is 0.711. The molecule has 5 nitrogen and oxygen atoms in total. The van der Waals surface area contributed by atoms with Crippen LogP contribution in [0.15, 0.2) is 54.6 Å². The van der Waals surface area contributed by atoms with Gasteiger partial charge < -0.3 is 9.64 Å². The molecule has 1 atom stereocenters. The number of morpholine rings is 1. The number of anilines is 1. The van der Waals surface area contributed by atoms with Crippen LogP contribution >= 0.6 is 0 Å². The van der Waals surface area contributed by atoms with E-state index in [4.69, 9.17) is 9.72 Å². The maximum Gasteiger partial charge on any atom is 0.225 e. The van der Waals surface area contributed by atoms with Crippen molar-refractivity contribution in [3.05, 3.63) is 82.9 Å². The summed E-state index contributed by atoms with van der Waals surface area (Å²) in [6.07, 6.45) is 0.754. The zero-order chi connectivity index (χ0) is 18.6. The van der Waals surface area contributed by atoms with Gasteiger partial charge in [0.1, 0.15) is 6.10 Å². The maximum atomic E-state index is 6.02. The van der Waals surface area contributed by atoms with E-state index in [0.717, 1.165) is 41.7 Å². The van der Waals surface area contributed by atoms with E-state index < -0.39 is 0 Å². The van der Waals surface area contributed by atoms with Crippen LogP contribution in [0.4, 0.5) is 5.95 Å². The van der Waals surface area contributed by atoms with E-state index in [1.165, 1.54) is 5.56 Å². The van der Waals surface area contributed by atoms with Crippen LogP contribution in [0, 0.1) is 13.8 Å². The van der Waals surface area contributed by atoms with E-state index >= 15 is 0 Å². The van der Waals surface area contributed by atoms with Crippen molar-refractivity contribution in [1.29, 1.82) is 0 Å². The summed E-state index contributed by atoms with van der Waals surface area (Å²) in [6, 6.07) is 18.6. The third kappa shape index (κ3) is 4.31. The van der Waals surface area contributed by atoms with Gasteiger partial charge >= 0.3 is 0 Å². The molecule has 0 spiro atoms. The molecule has 3 heterocycles. The molecule has 27 heavy (non-hydrogen) atoms. The Morgan fingerprint density at radius 2 is 1.74 bits per heavy atom. The first kappa shape index (κ1) is 17.6. The molecule has 2 aromatic heterocycles. The third-order valence-electron chi connectivity index (χ3n) is 4.71. The highest BCUT2D eigenvalue weighted by atomic mass is 16.5. The highest BCUT2D eigenvalue weighted by Crippen LogP contribution is 2.24. The number of benzene rings is 1. The smallest absolute Gasteiger partial charge is 0.225 e. The fourth-order valence-corrected chi connectivity index (χ4v) is 3.44. The van der Waals surface area contributed by atoms with E-state index in [9.17, 15) is 0 Å². The van der Waals surface area contributed by atoms with Crippen molar-refractivity contribution in [1.82, 2.24) is 15.0 Å². The molecule has 0 amide bonds. The van der Waals surface area contributed by atoms with Crippen molar-refractivity contribution in [3.8, 4) is 0 Å². The minimum atomic E-state index is -0.0705. The molecule has 1 aliphatic rings. The Morgan fingerprint density at radius 3 is 2.52 bits per heavy atom. The molecule has 0 saturated carbocycles. The van der Waals surface area contributed by atoms with Gasteiger partial charge in [-0.3, -0.25) is 4.98 Å². The summed E-state index contributed by atoms with van der Waals surface area (Å²) in [4.78, 5) is 16.3. The van der Waals surface area contributed by atoms with Crippen LogP contribution in [0.25, 0.3) is 0 Å². The van der Waals surface area contributed by atoms with Crippen molar-refractivity contribution < 1.29 is 4.74 Å². The Labute approximate surface area is 160 Å². The predicted octanol–water partition coefficient (Wildman–Crippen LogP) is 3.66. The number of rotatable bonds is 4. The van der Waals surface area contributed by atoms with Crippen LogP contribution in [0.2, 0.25) is 0 Å². The van der Waals surface area contributed by atoms with E-state index in [-0.39, 0.29) is 6.10 Å². The topological polar surface area (TPSA) is 51.1 Å². The molecule has 4 rings (SSSR count). The molecule has 3 aromatic rings. The summed E-state index contributed by atoms with van der Waals surface area (Å²) in [5, 5.41) is 0. The highest BCUT2D eigenvalue weighted by Gasteiger charge is 2.25. The lowest BCUT2D eigenvalue weighted by atomic mass is 10.1. The number of hydrogen-bond acceptors (Lipinski definition) is 5. The molecular weight excluding hydrogens is 336 g/mol. The summed E-state index contributed by atoms with van der Waals surface area (Å²) in [5.41, 5.74) is 5.27. The maximum absolute atomic E-state index is 6.02.